The first-order valence-electron chi connectivity index (χ1n) is 7.87. The summed E-state index contributed by atoms with van der Waals surface area (Å²) >= 11 is 0. The first-order chi connectivity index (χ1) is 9.48. The topological polar surface area (TPSA) is 29.5 Å². The van der Waals surface area contributed by atoms with Crippen LogP contribution in [-0.2, 0) is 4.74 Å². The number of aliphatic hydroxyl groups excluding tert-OH is 1. The molecule has 112 valence electrons. The Labute approximate surface area is 123 Å². The number of hydrogen-bond donors (Lipinski definition) is 1. The number of rotatable bonds is 4. The molecular weight excluding hydrogens is 248 g/mol. The van der Waals surface area contributed by atoms with Crippen LogP contribution in [-0.4, -0.2) is 17.3 Å². The van der Waals surface area contributed by atoms with Crippen molar-refractivity contribution in [3.8, 4) is 0 Å². The number of ether oxygens (including phenoxy) is 1. The van der Waals surface area contributed by atoms with E-state index < -0.39 is 6.10 Å². The van der Waals surface area contributed by atoms with Crippen molar-refractivity contribution in [2.75, 3.05) is 6.61 Å². The molecule has 0 aromatic heterocycles. The summed E-state index contributed by atoms with van der Waals surface area (Å²) in [6, 6.07) is 6.25. The zero-order valence-electron chi connectivity index (χ0n) is 13.3. The molecule has 1 fully saturated rings. The SMILES string of the molecule is CCOC1(C(O)c2ccc(C)c(C)c2)CCC(C)CC1. The molecule has 20 heavy (non-hydrogen) atoms. The summed E-state index contributed by atoms with van der Waals surface area (Å²) in [5.74, 6) is 0.746. The Morgan fingerprint density at radius 2 is 1.90 bits per heavy atom. The Balaban J connectivity index is 2.26. The van der Waals surface area contributed by atoms with Gasteiger partial charge in [-0.15, -0.1) is 0 Å². The van der Waals surface area contributed by atoms with Crippen LogP contribution in [0.3, 0.4) is 0 Å². The van der Waals surface area contributed by atoms with E-state index >= 15 is 0 Å². The van der Waals surface area contributed by atoms with Gasteiger partial charge >= 0.3 is 0 Å². The Morgan fingerprint density at radius 1 is 1.25 bits per heavy atom. The van der Waals surface area contributed by atoms with Crippen LogP contribution in [0.5, 0.6) is 0 Å². The lowest BCUT2D eigenvalue weighted by Gasteiger charge is -2.42. The van der Waals surface area contributed by atoms with Crippen LogP contribution >= 0.6 is 0 Å². The van der Waals surface area contributed by atoms with E-state index in [1.54, 1.807) is 0 Å². The molecule has 0 radical (unpaired) electrons. The molecule has 0 saturated heterocycles. The minimum Gasteiger partial charge on any atom is -0.385 e. The summed E-state index contributed by atoms with van der Waals surface area (Å²) in [5.41, 5.74) is 3.11. The van der Waals surface area contributed by atoms with Gasteiger partial charge in [-0.05, 0) is 69.1 Å². The van der Waals surface area contributed by atoms with Crippen molar-refractivity contribution in [2.24, 2.45) is 5.92 Å². The van der Waals surface area contributed by atoms with Crippen LogP contribution in [0, 0.1) is 19.8 Å². The first kappa shape index (κ1) is 15.5. The predicted octanol–water partition coefficient (Wildman–Crippen LogP) is 4.32. The average Bonchev–Trinajstić information content (AvgIpc) is 2.44. The monoisotopic (exact) mass is 276 g/mol. The zero-order valence-corrected chi connectivity index (χ0v) is 13.3. The second-order valence-corrected chi connectivity index (χ2v) is 6.43. The first-order valence-corrected chi connectivity index (χ1v) is 7.87. The van der Waals surface area contributed by atoms with Gasteiger partial charge in [-0.1, -0.05) is 25.1 Å². The third-order valence-corrected chi connectivity index (χ3v) is 4.90. The third-order valence-electron chi connectivity index (χ3n) is 4.90. The second kappa shape index (κ2) is 6.28. The standard InChI is InChI=1S/C18H28O2/c1-5-20-18(10-8-13(2)9-11-18)17(19)16-7-6-14(3)15(4)12-16/h6-7,12-13,17,19H,5,8-11H2,1-4H3. The van der Waals surface area contributed by atoms with Crippen LogP contribution < -0.4 is 0 Å². The van der Waals surface area contributed by atoms with Gasteiger partial charge in [0.05, 0.1) is 5.60 Å². The molecule has 0 bridgehead atoms. The molecule has 0 spiro atoms. The predicted molar refractivity (Wildman–Crippen MR) is 82.9 cm³/mol. The maximum Gasteiger partial charge on any atom is 0.108 e. The average molecular weight is 276 g/mol. The molecular formula is C18H28O2. The molecule has 1 saturated carbocycles. The third kappa shape index (κ3) is 3.07. The Morgan fingerprint density at radius 3 is 2.45 bits per heavy atom. The summed E-state index contributed by atoms with van der Waals surface area (Å²) in [5, 5.41) is 10.9. The normalized spacial score (nSPS) is 28.4. The number of aryl methyl sites for hydroxylation is 2. The van der Waals surface area contributed by atoms with E-state index in [4.69, 9.17) is 4.74 Å². The Kier molecular flexibility index (Phi) is 4.87. The number of hydrogen-bond acceptors (Lipinski definition) is 2. The molecule has 1 unspecified atom stereocenters. The van der Waals surface area contributed by atoms with Crippen LogP contribution in [0.4, 0.5) is 0 Å². The molecule has 2 nitrogen and oxygen atoms in total. The van der Waals surface area contributed by atoms with Gasteiger partial charge in [0.2, 0.25) is 0 Å². The molecule has 1 aliphatic rings. The van der Waals surface area contributed by atoms with Gasteiger partial charge in [0.1, 0.15) is 6.10 Å². The fourth-order valence-electron chi connectivity index (χ4n) is 3.27. The van der Waals surface area contributed by atoms with Gasteiger partial charge in [-0.25, -0.2) is 0 Å². The van der Waals surface area contributed by atoms with Gasteiger partial charge < -0.3 is 9.84 Å². The second-order valence-electron chi connectivity index (χ2n) is 6.43. The Bertz CT molecular complexity index is 445. The summed E-state index contributed by atoms with van der Waals surface area (Å²) in [4.78, 5) is 0. The lowest BCUT2D eigenvalue weighted by molar-refractivity contribution is -0.146. The summed E-state index contributed by atoms with van der Waals surface area (Å²) in [6.45, 7) is 9.18. The Hall–Kier alpha value is -0.860. The summed E-state index contributed by atoms with van der Waals surface area (Å²) in [7, 11) is 0. The molecule has 1 aromatic rings. The molecule has 1 aromatic carbocycles. The van der Waals surface area contributed by atoms with Crippen molar-refractivity contribution in [3.05, 3.63) is 34.9 Å². The minimum atomic E-state index is -0.519. The number of benzene rings is 1. The van der Waals surface area contributed by atoms with Gasteiger partial charge in [0.25, 0.3) is 0 Å². The fraction of sp³-hybridized carbons (Fsp3) is 0.667. The van der Waals surface area contributed by atoms with Crippen LogP contribution in [0.15, 0.2) is 18.2 Å². The highest BCUT2D eigenvalue weighted by molar-refractivity contribution is 5.32. The van der Waals surface area contributed by atoms with Crippen molar-refractivity contribution in [3.63, 3.8) is 0 Å². The maximum atomic E-state index is 10.9. The lowest BCUT2D eigenvalue weighted by atomic mass is 9.74. The zero-order chi connectivity index (χ0) is 14.8. The van der Waals surface area contributed by atoms with Gasteiger partial charge in [0, 0.05) is 6.61 Å². The van der Waals surface area contributed by atoms with Crippen molar-refractivity contribution in [2.45, 2.75) is 65.1 Å². The molecule has 2 rings (SSSR count). The van der Waals surface area contributed by atoms with E-state index in [9.17, 15) is 5.11 Å². The van der Waals surface area contributed by atoms with E-state index in [1.165, 1.54) is 11.1 Å². The highest BCUT2D eigenvalue weighted by Crippen LogP contribution is 2.43. The molecule has 0 heterocycles. The molecule has 2 heteroatoms. The molecule has 1 aliphatic carbocycles. The van der Waals surface area contributed by atoms with Crippen molar-refractivity contribution < 1.29 is 9.84 Å². The highest BCUT2D eigenvalue weighted by atomic mass is 16.5. The minimum absolute atomic E-state index is 0.386. The summed E-state index contributed by atoms with van der Waals surface area (Å²) < 4.78 is 6.06. The molecule has 1 N–H and O–H groups in total. The van der Waals surface area contributed by atoms with E-state index in [-0.39, 0.29) is 5.60 Å². The summed E-state index contributed by atoms with van der Waals surface area (Å²) in [6.07, 6.45) is 3.67. The molecule has 0 amide bonds. The van der Waals surface area contributed by atoms with Gasteiger partial charge in [-0.2, -0.15) is 0 Å². The lowest BCUT2D eigenvalue weighted by Crippen LogP contribution is -2.42. The van der Waals surface area contributed by atoms with E-state index in [2.05, 4.69) is 32.9 Å². The highest BCUT2D eigenvalue weighted by Gasteiger charge is 2.42. The van der Waals surface area contributed by atoms with E-state index in [0.29, 0.717) is 6.61 Å². The van der Waals surface area contributed by atoms with Gasteiger partial charge in [-0.3, -0.25) is 0 Å². The van der Waals surface area contributed by atoms with Crippen LogP contribution in [0.2, 0.25) is 0 Å². The molecule has 1 atom stereocenters. The fourth-order valence-corrected chi connectivity index (χ4v) is 3.27. The van der Waals surface area contributed by atoms with E-state index in [0.717, 1.165) is 37.2 Å². The van der Waals surface area contributed by atoms with Crippen LogP contribution in [0.1, 0.15) is 62.3 Å². The van der Waals surface area contributed by atoms with Crippen molar-refractivity contribution >= 4 is 0 Å². The quantitative estimate of drug-likeness (QED) is 0.887. The van der Waals surface area contributed by atoms with E-state index in [1.807, 2.05) is 13.0 Å². The van der Waals surface area contributed by atoms with Gasteiger partial charge in [0.15, 0.2) is 0 Å². The maximum absolute atomic E-state index is 10.9. The van der Waals surface area contributed by atoms with Crippen molar-refractivity contribution in [1.82, 2.24) is 0 Å². The molecule has 0 aliphatic heterocycles. The van der Waals surface area contributed by atoms with Crippen LogP contribution in [0.25, 0.3) is 0 Å². The largest absolute Gasteiger partial charge is 0.385 e. The van der Waals surface area contributed by atoms with Crippen molar-refractivity contribution in [1.29, 1.82) is 0 Å². The number of aliphatic hydroxyl groups is 1. The smallest absolute Gasteiger partial charge is 0.108 e.